The molecule has 148 valence electrons. The van der Waals surface area contributed by atoms with Gasteiger partial charge >= 0.3 is 12.4 Å². The van der Waals surface area contributed by atoms with Crippen molar-refractivity contribution in [3.05, 3.63) is 59.5 Å². The third-order valence-corrected chi connectivity index (χ3v) is 3.85. The zero-order valence-corrected chi connectivity index (χ0v) is 14.2. The predicted octanol–water partition coefficient (Wildman–Crippen LogP) is 4.49. The summed E-state index contributed by atoms with van der Waals surface area (Å²) in [6.45, 7) is -0.240. The summed E-state index contributed by atoms with van der Waals surface area (Å²) in [4.78, 5) is 3.55. The number of aromatic nitrogens is 4. The first-order chi connectivity index (χ1) is 13.1. The van der Waals surface area contributed by atoms with Crippen molar-refractivity contribution < 1.29 is 31.1 Å². The minimum Gasteiger partial charge on any atom is -0.469 e. The van der Waals surface area contributed by atoms with Gasteiger partial charge in [0.15, 0.2) is 11.6 Å². The molecule has 2 heterocycles. The van der Waals surface area contributed by atoms with Crippen LogP contribution in [0.1, 0.15) is 17.0 Å². The number of rotatable bonds is 4. The van der Waals surface area contributed by atoms with E-state index in [1.807, 2.05) is 0 Å². The number of alkyl halides is 6. The van der Waals surface area contributed by atoms with Crippen molar-refractivity contribution in [2.24, 2.45) is 7.05 Å². The van der Waals surface area contributed by atoms with E-state index in [1.165, 1.54) is 29.8 Å². The molecule has 0 aliphatic heterocycles. The van der Waals surface area contributed by atoms with E-state index in [9.17, 15) is 26.3 Å². The molecule has 0 aliphatic carbocycles. The van der Waals surface area contributed by atoms with Gasteiger partial charge in [0, 0.05) is 24.9 Å². The lowest BCUT2D eigenvalue weighted by Crippen LogP contribution is -2.10. The molecular weight excluding hydrogens is 390 g/mol. The average Bonchev–Trinajstić information content (AvgIpc) is 2.99. The smallest absolute Gasteiger partial charge is 0.417 e. The van der Waals surface area contributed by atoms with Gasteiger partial charge in [0.05, 0.1) is 11.1 Å². The maximum atomic E-state index is 13.2. The van der Waals surface area contributed by atoms with Gasteiger partial charge in [-0.05, 0) is 12.1 Å². The summed E-state index contributed by atoms with van der Waals surface area (Å²) in [7, 11) is 1.46. The van der Waals surface area contributed by atoms with Crippen molar-refractivity contribution in [1.29, 1.82) is 0 Å². The maximum absolute atomic E-state index is 13.2. The largest absolute Gasteiger partial charge is 0.469 e. The van der Waals surface area contributed by atoms with Crippen molar-refractivity contribution in [2.75, 3.05) is 0 Å². The van der Waals surface area contributed by atoms with Crippen LogP contribution in [0.2, 0.25) is 0 Å². The fourth-order valence-corrected chi connectivity index (χ4v) is 2.42. The summed E-state index contributed by atoms with van der Waals surface area (Å²) >= 11 is 0. The highest BCUT2D eigenvalue weighted by molar-refractivity contribution is 5.61. The Balaban J connectivity index is 1.80. The highest BCUT2D eigenvalue weighted by Crippen LogP contribution is 2.36. The molecule has 0 spiro atoms. The Kier molecular flexibility index (Phi) is 5.01. The lowest BCUT2D eigenvalue weighted by molar-refractivity contribution is -0.138. The first-order valence-electron chi connectivity index (χ1n) is 7.78. The SMILES string of the molecule is Cn1c(COc2ccc(C(F)(F)F)cn2)nnc1-c1ccccc1C(F)(F)F. The first kappa shape index (κ1) is 19.6. The number of benzene rings is 1. The van der Waals surface area contributed by atoms with Crippen molar-refractivity contribution >= 4 is 0 Å². The normalized spacial score (nSPS) is 12.2. The number of hydrogen-bond donors (Lipinski definition) is 0. The van der Waals surface area contributed by atoms with E-state index in [0.717, 1.165) is 18.2 Å². The van der Waals surface area contributed by atoms with Gasteiger partial charge in [0.25, 0.3) is 0 Å². The molecule has 0 bridgehead atoms. The number of nitrogens with zero attached hydrogens (tertiary/aromatic N) is 4. The van der Waals surface area contributed by atoms with Gasteiger partial charge in [-0.3, -0.25) is 0 Å². The van der Waals surface area contributed by atoms with Gasteiger partial charge < -0.3 is 9.30 Å². The second-order valence-electron chi connectivity index (χ2n) is 5.71. The standard InChI is InChI=1S/C17H12F6N4O/c1-27-13(9-28-14-7-6-10(8-24-14)16(18,19)20)25-26-15(27)11-4-2-3-5-12(11)17(21,22)23/h2-8H,9H2,1H3. The van der Waals surface area contributed by atoms with Gasteiger partial charge in [-0.2, -0.15) is 26.3 Å². The Labute approximate surface area is 154 Å². The Hall–Kier alpha value is -3.11. The van der Waals surface area contributed by atoms with Crippen molar-refractivity contribution in [3.8, 4) is 17.3 Å². The van der Waals surface area contributed by atoms with Crippen molar-refractivity contribution in [1.82, 2.24) is 19.7 Å². The molecule has 0 fully saturated rings. The average molecular weight is 402 g/mol. The Morgan fingerprint density at radius 1 is 0.929 bits per heavy atom. The highest BCUT2D eigenvalue weighted by atomic mass is 19.4. The summed E-state index contributed by atoms with van der Waals surface area (Å²) < 4.78 is 83.7. The van der Waals surface area contributed by atoms with E-state index >= 15 is 0 Å². The Morgan fingerprint density at radius 3 is 2.25 bits per heavy atom. The number of ether oxygens (including phenoxy) is 1. The highest BCUT2D eigenvalue weighted by Gasteiger charge is 2.34. The van der Waals surface area contributed by atoms with Crippen LogP contribution in [0.5, 0.6) is 5.88 Å². The van der Waals surface area contributed by atoms with Crippen molar-refractivity contribution in [3.63, 3.8) is 0 Å². The molecule has 1 aromatic carbocycles. The molecule has 0 saturated carbocycles. The molecule has 0 atom stereocenters. The van der Waals surface area contributed by atoms with Crippen LogP contribution in [-0.4, -0.2) is 19.7 Å². The first-order valence-corrected chi connectivity index (χ1v) is 7.78. The summed E-state index contributed by atoms with van der Waals surface area (Å²) in [5, 5.41) is 7.58. The van der Waals surface area contributed by atoms with E-state index < -0.39 is 23.5 Å². The molecule has 5 nitrogen and oxygen atoms in total. The summed E-state index contributed by atoms with van der Waals surface area (Å²) in [6.07, 6.45) is -8.46. The third-order valence-electron chi connectivity index (χ3n) is 3.85. The molecule has 0 N–H and O–H groups in total. The van der Waals surface area contributed by atoms with Gasteiger partial charge in [-0.25, -0.2) is 4.98 Å². The lowest BCUT2D eigenvalue weighted by Gasteiger charge is -2.12. The molecule has 0 saturated heterocycles. The van der Waals surface area contributed by atoms with E-state index in [1.54, 1.807) is 0 Å². The Bertz CT molecular complexity index is 963. The number of hydrogen-bond acceptors (Lipinski definition) is 4. The number of halogens is 6. The fraction of sp³-hybridized carbons (Fsp3) is 0.235. The quantitative estimate of drug-likeness (QED) is 0.604. The van der Waals surface area contributed by atoms with Crippen LogP contribution in [0.3, 0.4) is 0 Å². The Morgan fingerprint density at radius 2 is 1.64 bits per heavy atom. The molecule has 2 aromatic heterocycles. The van der Waals surface area contributed by atoms with Crippen molar-refractivity contribution in [2.45, 2.75) is 19.0 Å². The van der Waals surface area contributed by atoms with Crippen LogP contribution in [0, 0.1) is 0 Å². The van der Waals surface area contributed by atoms with Gasteiger partial charge in [0.1, 0.15) is 6.61 Å². The minimum absolute atomic E-state index is 0.0214. The topological polar surface area (TPSA) is 52.8 Å². The van der Waals surface area contributed by atoms with E-state index in [4.69, 9.17) is 4.74 Å². The molecule has 28 heavy (non-hydrogen) atoms. The molecule has 0 radical (unpaired) electrons. The van der Waals surface area contributed by atoms with Crippen LogP contribution < -0.4 is 4.74 Å². The van der Waals surface area contributed by atoms with Crippen LogP contribution in [0.4, 0.5) is 26.3 Å². The second kappa shape index (κ2) is 7.13. The van der Waals surface area contributed by atoms with Crippen LogP contribution >= 0.6 is 0 Å². The zero-order chi connectivity index (χ0) is 20.5. The van der Waals surface area contributed by atoms with Crippen LogP contribution in [0.25, 0.3) is 11.4 Å². The molecule has 3 rings (SSSR count). The molecule has 3 aromatic rings. The molecule has 0 aliphatic rings. The van der Waals surface area contributed by atoms with Crippen LogP contribution in [-0.2, 0) is 26.0 Å². The molecule has 0 unspecified atom stereocenters. The second-order valence-corrected chi connectivity index (χ2v) is 5.71. The maximum Gasteiger partial charge on any atom is 0.417 e. The zero-order valence-electron chi connectivity index (χ0n) is 14.2. The van der Waals surface area contributed by atoms with Gasteiger partial charge in [0.2, 0.25) is 5.88 Å². The lowest BCUT2D eigenvalue weighted by atomic mass is 10.1. The predicted molar refractivity (Wildman–Crippen MR) is 85.0 cm³/mol. The fourth-order valence-electron chi connectivity index (χ4n) is 2.42. The summed E-state index contributed by atoms with van der Waals surface area (Å²) in [5.74, 6) is 0.0637. The van der Waals surface area contributed by atoms with Crippen LogP contribution in [0.15, 0.2) is 42.6 Å². The third kappa shape index (κ3) is 4.07. The molecule has 0 amide bonds. The summed E-state index contributed by atoms with van der Waals surface area (Å²) in [6, 6.07) is 6.77. The van der Waals surface area contributed by atoms with Gasteiger partial charge in [-0.15, -0.1) is 10.2 Å². The van der Waals surface area contributed by atoms with Gasteiger partial charge in [-0.1, -0.05) is 18.2 Å². The molecule has 11 heteroatoms. The van der Waals surface area contributed by atoms with E-state index in [-0.39, 0.29) is 29.7 Å². The summed E-state index contributed by atoms with van der Waals surface area (Å²) in [5.41, 5.74) is -1.93. The van der Waals surface area contributed by atoms with E-state index in [2.05, 4.69) is 15.2 Å². The number of pyridine rings is 1. The van der Waals surface area contributed by atoms with E-state index in [0.29, 0.717) is 6.20 Å². The minimum atomic E-state index is -4.57. The monoisotopic (exact) mass is 402 g/mol. The molecular formula is C17H12F6N4O.